The van der Waals surface area contributed by atoms with Gasteiger partial charge in [-0.1, -0.05) is 0 Å². The van der Waals surface area contributed by atoms with E-state index in [1.165, 1.54) is 29.8 Å². The van der Waals surface area contributed by atoms with E-state index in [-0.39, 0.29) is 23.6 Å². The molecule has 3 aromatic rings. The molecule has 0 N–H and O–H groups in total. The van der Waals surface area contributed by atoms with Crippen molar-refractivity contribution in [2.75, 3.05) is 0 Å². The van der Waals surface area contributed by atoms with E-state index in [0.29, 0.717) is 11.6 Å². The van der Waals surface area contributed by atoms with Crippen LogP contribution in [0.3, 0.4) is 0 Å². The Morgan fingerprint density at radius 2 is 1.78 bits per heavy atom. The number of halogens is 3. The second-order valence-corrected chi connectivity index (χ2v) is 4.92. The largest absolute Gasteiger partial charge is 0.484 e. The summed E-state index contributed by atoms with van der Waals surface area (Å²) >= 11 is 0. The van der Waals surface area contributed by atoms with E-state index in [2.05, 4.69) is 4.98 Å². The fourth-order valence-corrected chi connectivity index (χ4v) is 2.20. The Hall–Kier alpha value is -2.83. The number of ether oxygens (including phenoxy) is 1. The van der Waals surface area contributed by atoms with E-state index < -0.39 is 23.0 Å². The molecule has 0 aliphatic rings. The van der Waals surface area contributed by atoms with Gasteiger partial charge in [0.15, 0.2) is 11.6 Å². The van der Waals surface area contributed by atoms with Gasteiger partial charge in [-0.25, -0.2) is 18.2 Å². The Morgan fingerprint density at radius 3 is 2.52 bits per heavy atom. The lowest BCUT2D eigenvalue weighted by Gasteiger charge is -2.10. The quantitative estimate of drug-likeness (QED) is 0.745. The number of hydrogen-bond acceptors (Lipinski definition) is 3. The molecule has 7 heteroatoms. The van der Waals surface area contributed by atoms with Crippen molar-refractivity contribution in [1.82, 2.24) is 9.55 Å². The number of fused-ring (bicyclic) bond motifs is 1. The van der Waals surface area contributed by atoms with Crippen molar-refractivity contribution in [3.63, 3.8) is 0 Å². The molecule has 2 aromatic carbocycles. The maximum absolute atomic E-state index is 13.5. The lowest BCUT2D eigenvalue weighted by molar-refractivity contribution is 0.283. The third-order valence-corrected chi connectivity index (χ3v) is 3.36. The van der Waals surface area contributed by atoms with Crippen LogP contribution in [0.2, 0.25) is 0 Å². The zero-order valence-electron chi connectivity index (χ0n) is 12.0. The Bertz CT molecular complexity index is 954. The van der Waals surface area contributed by atoms with E-state index in [1.54, 1.807) is 0 Å². The summed E-state index contributed by atoms with van der Waals surface area (Å²) < 4.78 is 46.2. The topological polar surface area (TPSA) is 44.1 Å². The summed E-state index contributed by atoms with van der Waals surface area (Å²) in [6.45, 7) is -0.318. The minimum atomic E-state index is -0.881. The van der Waals surface area contributed by atoms with Gasteiger partial charge in [0, 0.05) is 19.2 Å². The number of benzene rings is 2. The summed E-state index contributed by atoms with van der Waals surface area (Å²) in [6.07, 6.45) is 0. The highest BCUT2D eigenvalue weighted by Gasteiger charge is 2.12. The first kappa shape index (κ1) is 15.1. The van der Waals surface area contributed by atoms with Crippen molar-refractivity contribution in [2.45, 2.75) is 6.61 Å². The zero-order chi connectivity index (χ0) is 16.6. The molecule has 0 aliphatic carbocycles. The van der Waals surface area contributed by atoms with Crippen LogP contribution in [0.5, 0.6) is 5.75 Å². The molecule has 4 nitrogen and oxygen atoms in total. The molecular formula is C16H11F3N2O2. The molecule has 0 radical (unpaired) electrons. The van der Waals surface area contributed by atoms with Crippen LogP contribution in [0.25, 0.3) is 11.0 Å². The number of nitrogens with zero attached hydrogens (tertiary/aromatic N) is 2. The maximum atomic E-state index is 13.5. The van der Waals surface area contributed by atoms with Crippen molar-refractivity contribution in [3.8, 4) is 5.75 Å². The molecular weight excluding hydrogens is 309 g/mol. The Kier molecular flexibility index (Phi) is 3.77. The number of aryl methyl sites for hydroxylation is 1. The van der Waals surface area contributed by atoms with Gasteiger partial charge in [-0.2, -0.15) is 0 Å². The summed E-state index contributed by atoms with van der Waals surface area (Å²) in [5.74, 6) is -2.30. The van der Waals surface area contributed by atoms with Crippen LogP contribution in [0.1, 0.15) is 5.69 Å². The predicted octanol–water partition coefficient (Wildman–Crippen LogP) is 2.93. The molecule has 0 fully saturated rings. The smallest absolute Gasteiger partial charge is 0.276 e. The van der Waals surface area contributed by atoms with Gasteiger partial charge in [-0.05, 0) is 24.3 Å². The molecule has 3 rings (SSSR count). The van der Waals surface area contributed by atoms with Crippen LogP contribution in [0.15, 0.2) is 41.2 Å². The van der Waals surface area contributed by atoms with Crippen LogP contribution in [-0.2, 0) is 13.7 Å². The van der Waals surface area contributed by atoms with E-state index in [4.69, 9.17) is 4.74 Å². The molecule has 118 valence electrons. The number of rotatable bonds is 3. The standard InChI is InChI=1S/C16H11F3N2O2/c1-21-14-4-2-10(18)7-12(14)20-13(16(21)22)8-23-15-5-3-9(17)6-11(15)19/h2-7H,8H2,1H3. The van der Waals surface area contributed by atoms with Gasteiger partial charge in [0.25, 0.3) is 5.56 Å². The van der Waals surface area contributed by atoms with E-state index in [9.17, 15) is 18.0 Å². The van der Waals surface area contributed by atoms with Crippen LogP contribution < -0.4 is 10.3 Å². The van der Waals surface area contributed by atoms with Crippen molar-refractivity contribution >= 4 is 11.0 Å². The molecule has 0 atom stereocenters. The van der Waals surface area contributed by atoms with Crippen LogP contribution in [-0.4, -0.2) is 9.55 Å². The fraction of sp³-hybridized carbons (Fsp3) is 0.125. The minimum Gasteiger partial charge on any atom is -0.484 e. The molecule has 0 saturated heterocycles. The van der Waals surface area contributed by atoms with Gasteiger partial charge in [-0.15, -0.1) is 0 Å². The molecule has 1 heterocycles. The monoisotopic (exact) mass is 320 g/mol. The van der Waals surface area contributed by atoms with E-state index in [1.807, 2.05) is 0 Å². The van der Waals surface area contributed by atoms with Crippen LogP contribution in [0.4, 0.5) is 13.2 Å². The summed E-state index contributed by atoms with van der Waals surface area (Å²) in [5, 5.41) is 0. The molecule has 0 spiro atoms. The van der Waals surface area contributed by atoms with Crippen molar-refractivity contribution in [1.29, 1.82) is 0 Å². The Morgan fingerprint density at radius 1 is 1.09 bits per heavy atom. The Labute approximate surface area is 128 Å². The highest BCUT2D eigenvalue weighted by molar-refractivity contribution is 5.74. The SMILES string of the molecule is Cn1c(=O)c(COc2ccc(F)cc2F)nc2cc(F)ccc21. The minimum absolute atomic E-state index is 0.00525. The van der Waals surface area contributed by atoms with E-state index in [0.717, 1.165) is 12.1 Å². The lowest BCUT2D eigenvalue weighted by atomic mass is 10.2. The third kappa shape index (κ3) is 2.90. The number of hydrogen-bond donors (Lipinski definition) is 0. The average molecular weight is 320 g/mol. The second kappa shape index (κ2) is 5.75. The maximum Gasteiger partial charge on any atom is 0.276 e. The first-order chi connectivity index (χ1) is 11.0. The summed E-state index contributed by atoms with van der Waals surface area (Å²) in [5.41, 5.74) is 0.305. The third-order valence-electron chi connectivity index (χ3n) is 3.36. The summed E-state index contributed by atoms with van der Waals surface area (Å²) in [6, 6.07) is 6.71. The molecule has 0 unspecified atom stereocenters. The van der Waals surface area contributed by atoms with Crippen molar-refractivity contribution in [2.24, 2.45) is 7.05 Å². The lowest BCUT2D eigenvalue weighted by Crippen LogP contribution is -2.24. The van der Waals surface area contributed by atoms with Crippen LogP contribution >= 0.6 is 0 Å². The summed E-state index contributed by atoms with van der Waals surface area (Å²) in [4.78, 5) is 16.3. The van der Waals surface area contributed by atoms with E-state index >= 15 is 0 Å². The first-order valence-corrected chi connectivity index (χ1v) is 6.69. The zero-order valence-corrected chi connectivity index (χ0v) is 12.0. The van der Waals surface area contributed by atoms with Crippen molar-refractivity contribution < 1.29 is 17.9 Å². The van der Waals surface area contributed by atoms with Crippen LogP contribution in [0, 0.1) is 17.5 Å². The molecule has 0 amide bonds. The predicted molar refractivity (Wildman–Crippen MR) is 77.6 cm³/mol. The van der Waals surface area contributed by atoms with Gasteiger partial charge < -0.3 is 9.30 Å². The summed E-state index contributed by atoms with van der Waals surface area (Å²) in [7, 11) is 1.52. The normalized spacial score (nSPS) is 11.0. The number of aromatic nitrogens is 2. The van der Waals surface area contributed by atoms with Crippen molar-refractivity contribution in [3.05, 3.63) is 69.9 Å². The van der Waals surface area contributed by atoms with Gasteiger partial charge in [0.05, 0.1) is 11.0 Å². The van der Waals surface area contributed by atoms with Gasteiger partial charge >= 0.3 is 0 Å². The average Bonchev–Trinajstić information content (AvgIpc) is 2.50. The first-order valence-electron chi connectivity index (χ1n) is 6.69. The van der Waals surface area contributed by atoms with Gasteiger partial charge in [-0.3, -0.25) is 4.79 Å². The van der Waals surface area contributed by atoms with Gasteiger partial charge in [0.1, 0.15) is 23.9 Å². The molecule has 0 saturated carbocycles. The molecule has 23 heavy (non-hydrogen) atoms. The Balaban J connectivity index is 1.96. The molecule has 1 aromatic heterocycles. The highest BCUT2D eigenvalue weighted by Crippen LogP contribution is 2.19. The molecule has 0 bridgehead atoms. The highest BCUT2D eigenvalue weighted by atomic mass is 19.1. The molecule has 0 aliphatic heterocycles. The fourth-order valence-electron chi connectivity index (χ4n) is 2.20. The van der Waals surface area contributed by atoms with Gasteiger partial charge in [0.2, 0.25) is 0 Å². The second-order valence-electron chi connectivity index (χ2n) is 4.92.